The van der Waals surface area contributed by atoms with Gasteiger partial charge in [0.25, 0.3) is 0 Å². The maximum Gasteiger partial charge on any atom is 0.152 e. The normalized spacial score (nSPS) is 10.4. The van der Waals surface area contributed by atoms with Crippen molar-refractivity contribution in [2.24, 2.45) is 0 Å². The van der Waals surface area contributed by atoms with Gasteiger partial charge in [0.2, 0.25) is 0 Å². The molecule has 1 heterocycles. The second-order valence-electron chi connectivity index (χ2n) is 2.97. The Bertz CT molecular complexity index is 459. The molecule has 0 aliphatic rings. The molecule has 0 amide bonds. The van der Waals surface area contributed by atoms with Crippen LogP contribution in [0.15, 0.2) is 24.4 Å². The fourth-order valence-corrected chi connectivity index (χ4v) is 1.55. The van der Waals surface area contributed by atoms with Crippen LogP contribution in [0.25, 0.3) is 10.9 Å². The molecule has 0 atom stereocenters. The topological polar surface area (TPSA) is 42.1 Å². The lowest BCUT2D eigenvalue weighted by Gasteiger charge is -2.04. The highest BCUT2D eigenvalue weighted by molar-refractivity contribution is 6.00. The van der Waals surface area contributed by atoms with Gasteiger partial charge in [0.05, 0.1) is 12.0 Å². The van der Waals surface area contributed by atoms with E-state index >= 15 is 0 Å². The first-order valence-electron chi connectivity index (χ1n) is 4.55. The molecule has 2 rings (SSSR count). The Hall–Kier alpha value is -1.77. The van der Waals surface area contributed by atoms with Gasteiger partial charge in [-0.3, -0.25) is 4.79 Å². The molecule has 72 valence electrons. The maximum atomic E-state index is 10.8. The molecule has 3 heteroatoms. The van der Waals surface area contributed by atoms with E-state index in [1.807, 2.05) is 25.1 Å². The summed E-state index contributed by atoms with van der Waals surface area (Å²) in [6.45, 7) is 2.52. The lowest BCUT2D eigenvalue weighted by atomic mass is 10.2. The van der Waals surface area contributed by atoms with Gasteiger partial charge in [0, 0.05) is 17.3 Å². The first kappa shape index (κ1) is 8.81. The minimum Gasteiger partial charge on any atom is -0.493 e. The van der Waals surface area contributed by atoms with Gasteiger partial charge in [-0.15, -0.1) is 0 Å². The zero-order chi connectivity index (χ0) is 9.97. The molecule has 1 aromatic heterocycles. The molecule has 0 radical (unpaired) electrons. The largest absolute Gasteiger partial charge is 0.493 e. The third-order valence-electron chi connectivity index (χ3n) is 2.12. The minimum absolute atomic E-state index is 0.600. The number of hydrogen-bond acceptors (Lipinski definition) is 2. The Morgan fingerprint density at radius 3 is 3.07 bits per heavy atom. The number of carbonyl (C=O) groups is 1. The Morgan fingerprint density at radius 2 is 2.36 bits per heavy atom. The molecule has 2 aromatic rings. The van der Waals surface area contributed by atoms with Crippen LogP contribution in [0.3, 0.4) is 0 Å². The summed E-state index contributed by atoms with van der Waals surface area (Å²) in [6.07, 6.45) is 2.53. The standard InChI is InChI=1S/C11H11NO2/c1-2-14-10-5-3-4-9-11(10)8(7-13)6-12-9/h3-7,12H,2H2,1H3. The second kappa shape index (κ2) is 3.54. The number of rotatable bonds is 3. The van der Waals surface area contributed by atoms with Crippen molar-refractivity contribution in [3.8, 4) is 5.75 Å². The van der Waals surface area contributed by atoms with Crippen molar-refractivity contribution in [2.45, 2.75) is 6.92 Å². The van der Waals surface area contributed by atoms with Crippen LogP contribution in [0.5, 0.6) is 5.75 Å². The summed E-state index contributed by atoms with van der Waals surface area (Å²) in [4.78, 5) is 13.8. The van der Waals surface area contributed by atoms with Crippen molar-refractivity contribution in [1.82, 2.24) is 4.98 Å². The molecule has 0 unspecified atom stereocenters. The summed E-state index contributed by atoms with van der Waals surface area (Å²) in [5.41, 5.74) is 1.57. The van der Waals surface area contributed by atoms with Crippen LogP contribution in [0.2, 0.25) is 0 Å². The van der Waals surface area contributed by atoms with Gasteiger partial charge in [0.1, 0.15) is 5.75 Å². The lowest BCUT2D eigenvalue weighted by Crippen LogP contribution is -1.92. The number of hydrogen-bond donors (Lipinski definition) is 1. The lowest BCUT2D eigenvalue weighted by molar-refractivity contribution is 0.112. The van der Waals surface area contributed by atoms with Crippen molar-refractivity contribution in [2.75, 3.05) is 6.61 Å². The van der Waals surface area contributed by atoms with E-state index in [2.05, 4.69) is 4.98 Å². The van der Waals surface area contributed by atoms with E-state index in [9.17, 15) is 4.79 Å². The van der Waals surface area contributed by atoms with Gasteiger partial charge in [-0.05, 0) is 19.1 Å². The molecule has 0 aliphatic carbocycles. The van der Waals surface area contributed by atoms with Crippen molar-refractivity contribution < 1.29 is 9.53 Å². The smallest absolute Gasteiger partial charge is 0.152 e. The second-order valence-corrected chi connectivity index (χ2v) is 2.97. The van der Waals surface area contributed by atoms with Gasteiger partial charge in [-0.25, -0.2) is 0 Å². The van der Waals surface area contributed by atoms with E-state index in [1.165, 1.54) is 0 Å². The van der Waals surface area contributed by atoms with E-state index in [1.54, 1.807) is 6.20 Å². The molecule has 1 N–H and O–H groups in total. The molecule has 3 nitrogen and oxygen atoms in total. The zero-order valence-corrected chi connectivity index (χ0v) is 7.91. The maximum absolute atomic E-state index is 10.8. The SMILES string of the molecule is CCOc1cccc2[nH]cc(C=O)c12. The quantitative estimate of drug-likeness (QED) is 0.753. The van der Waals surface area contributed by atoms with Gasteiger partial charge < -0.3 is 9.72 Å². The first-order chi connectivity index (χ1) is 6.86. The molecule has 0 bridgehead atoms. The van der Waals surface area contributed by atoms with Crippen molar-refractivity contribution in [3.63, 3.8) is 0 Å². The molecule has 0 spiro atoms. The Labute approximate surface area is 81.7 Å². The van der Waals surface area contributed by atoms with E-state index in [4.69, 9.17) is 4.74 Å². The Balaban J connectivity index is 2.68. The molecular weight excluding hydrogens is 178 g/mol. The van der Waals surface area contributed by atoms with Gasteiger partial charge in [-0.1, -0.05) is 6.07 Å². The monoisotopic (exact) mass is 189 g/mol. The van der Waals surface area contributed by atoms with Crippen LogP contribution < -0.4 is 4.74 Å². The van der Waals surface area contributed by atoms with Crippen molar-refractivity contribution in [1.29, 1.82) is 0 Å². The summed E-state index contributed by atoms with van der Waals surface area (Å²) < 4.78 is 5.44. The predicted molar refractivity (Wildman–Crippen MR) is 54.9 cm³/mol. The van der Waals surface area contributed by atoms with E-state index < -0.39 is 0 Å². The predicted octanol–water partition coefficient (Wildman–Crippen LogP) is 2.38. The van der Waals surface area contributed by atoms with Crippen molar-refractivity contribution in [3.05, 3.63) is 30.0 Å². The number of H-pyrrole nitrogens is 1. The van der Waals surface area contributed by atoms with Gasteiger partial charge >= 0.3 is 0 Å². The Morgan fingerprint density at radius 1 is 1.50 bits per heavy atom. The first-order valence-corrected chi connectivity index (χ1v) is 4.55. The molecule has 0 fully saturated rings. The van der Waals surface area contributed by atoms with Crippen LogP contribution in [0.1, 0.15) is 17.3 Å². The number of ether oxygens (including phenoxy) is 1. The number of carbonyl (C=O) groups excluding carboxylic acids is 1. The van der Waals surface area contributed by atoms with Crippen molar-refractivity contribution >= 4 is 17.2 Å². The molecule has 0 aliphatic heterocycles. The minimum atomic E-state index is 0.600. The summed E-state index contributed by atoms with van der Waals surface area (Å²) >= 11 is 0. The Kier molecular flexibility index (Phi) is 2.23. The summed E-state index contributed by atoms with van der Waals surface area (Å²) in [7, 11) is 0. The van der Waals surface area contributed by atoms with Crippen LogP contribution in [-0.4, -0.2) is 17.9 Å². The highest BCUT2D eigenvalue weighted by Crippen LogP contribution is 2.27. The molecule has 14 heavy (non-hydrogen) atoms. The third kappa shape index (κ3) is 1.27. The van der Waals surface area contributed by atoms with E-state index in [0.717, 1.165) is 22.9 Å². The zero-order valence-electron chi connectivity index (χ0n) is 7.91. The summed E-state index contributed by atoms with van der Waals surface area (Å²) in [5.74, 6) is 0.758. The number of nitrogens with one attached hydrogen (secondary N) is 1. The summed E-state index contributed by atoms with van der Waals surface area (Å²) in [6, 6.07) is 5.69. The highest BCUT2D eigenvalue weighted by atomic mass is 16.5. The molecular formula is C11H11NO2. The molecule has 0 saturated heterocycles. The van der Waals surface area contributed by atoms with Crippen LogP contribution in [0.4, 0.5) is 0 Å². The van der Waals surface area contributed by atoms with E-state index in [0.29, 0.717) is 12.2 Å². The average Bonchev–Trinajstić information content (AvgIpc) is 2.62. The van der Waals surface area contributed by atoms with Crippen LogP contribution in [0, 0.1) is 0 Å². The number of aromatic nitrogens is 1. The van der Waals surface area contributed by atoms with E-state index in [-0.39, 0.29) is 0 Å². The van der Waals surface area contributed by atoms with Gasteiger partial charge in [0.15, 0.2) is 6.29 Å². The molecule has 0 saturated carbocycles. The van der Waals surface area contributed by atoms with Crippen LogP contribution in [-0.2, 0) is 0 Å². The summed E-state index contributed by atoms with van der Waals surface area (Å²) in [5, 5.41) is 0.865. The fraction of sp³-hybridized carbons (Fsp3) is 0.182. The van der Waals surface area contributed by atoms with Crippen LogP contribution >= 0.6 is 0 Å². The fourth-order valence-electron chi connectivity index (χ4n) is 1.55. The number of fused-ring (bicyclic) bond motifs is 1. The highest BCUT2D eigenvalue weighted by Gasteiger charge is 2.07. The third-order valence-corrected chi connectivity index (χ3v) is 2.12. The average molecular weight is 189 g/mol. The number of aromatic amines is 1. The van der Waals surface area contributed by atoms with Gasteiger partial charge in [-0.2, -0.15) is 0 Å². The number of aldehydes is 1. The molecule has 1 aromatic carbocycles. The number of benzene rings is 1.